The lowest BCUT2D eigenvalue weighted by atomic mass is 9.91. The molecule has 0 aliphatic carbocycles. The third-order valence-electron chi connectivity index (χ3n) is 2.86. The molecule has 16 heavy (non-hydrogen) atoms. The summed E-state index contributed by atoms with van der Waals surface area (Å²) in [6.45, 7) is 2.12. The topological polar surface area (TPSA) is 22.1 Å². The van der Waals surface area contributed by atoms with E-state index in [-0.39, 0.29) is 0 Å². The largest absolute Gasteiger partial charge is 0.366 e. The molecule has 0 radical (unpaired) electrons. The Bertz CT molecular complexity index is 420. The highest BCUT2D eigenvalue weighted by atomic mass is 32.1. The Labute approximate surface area is 99.9 Å². The van der Waals surface area contributed by atoms with Gasteiger partial charge in [-0.1, -0.05) is 37.3 Å². The number of nitrogens with zero attached hydrogens (tertiary/aromatic N) is 1. The van der Waals surface area contributed by atoms with Gasteiger partial charge in [0, 0.05) is 18.7 Å². The van der Waals surface area contributed by atoms with Crippen LogP contribution in [0.4, 0.5) is 0 Å². The Hall–Kier alpha value is -1.19. The summed E-state index contributed by atoms with van der Waals surface area (Å²) in [4.78, 5) is 4.40. The Balaban J connectivity index is 2.52. The minimum Gasteiger partial charge on any atom is -0.366 e. The predicted octanol–water partition coefficient (Wildman–Crippen LogP) is 3.44. The average Bonchev–Trinajstić information content (AvgIpc) is 2.87. The molecule has 84 valence electrons. The fraction of sp³-hybridized carbons (Fsp3) is 0.308. The molecule has 1 heterocycles. The molecule has 0 saturated carbocycles. The second-order valence-corrected chi connectivity index (χ2v) is 4.48. The Morgan fingerprint density at radius 3 is 2.56 bits per heavy atom. The average molecular weight is 233 g/mol. The Morgan fingerprint density at radius 1 is 1.31 bits per heavy atom. The number of hydrogen-bond acceptors (Lipinski definition) is 3. The van der Waals surface area contributed by atoms with E-state index in [0.29, 0.717) is 0 Å². The summed E-state index contributed by atoms with van der Waals surface area (Å²) in [6.07, 6.45) is 2.70. The summed E-state index contributed by atoms with van der Waals surface area (Å²) in [7, 11) is 1.75. The highest BCUT2D eigenvalue weighted by Crippen LogP contribution is 2.37. The molecule has 1 aromatic heterocycles. The van der Waals surface area contributed by atoms with Gasteiger partial charge in [-0.25, -0.2) is 4.98 Å². The summed E-state index contributed by atoms with van der Waals surface area (Å²) >= 11 is 1.64. The molecule has 0 aliphatic heterocycles. The van der Waals surface area contributed by atoms with Crippen LogP contribution in [-0.4, -0.2) is 12.1 Å². The van der Waals surface area contributed by atoms with E-state index in [9.17, 15) is 0 Å². The van der Waals surface area contributed by atoms with Gasteiger partial charge in [0.1, 0.15) is 10.6 Å². The molecule has 0 N–H and O–H groups in total. The molecule has 2 nitrogen and oxygen atoms in total. The molecule has 1 aromatic carbocycles. The normalized spacial score (nSPS) is 14.6. The molecule has 1 unspecified atom stereocenters. The lowest BCUT2D eigenvalue weighted by molar-refractivity contribution is 0.0184. The fourth-order valence-corrected chi connectivity index (χ4v) is 2.87. The molecular weight excluding hydrogens is 218 g/mol. The maximum atomic E-state index is 5.77. The summed E-state index contributed by atoms with van der Waals surface area (Å²) in [5, 5.41) is 3.01. The fourth-order valence-electron chi connectivity index (χ4n) is 1.96. The molecule has 0 fully saturated rings. The van der Waals surface area contributed by atoms with Crippen molar-refractivity contribution in [2.45, 2.75) is 18.9 Å². The zero-order valence-electron chi connectivity index (χ0n) is 9.51. The molecule has 0 amide bonds. The molecule has 2 aromatic rings. The van der Waals surface area contributed by atoms with Crippen molar-refractivity contribution < 1.29 is 4.74 Å². The zero-order valence-corrected chi connectivity index (χ0v) is 10.3. The minimum atomic E-state index is -0.393. The van der Waals surface area contributed by atoms with E-state index >= 15 is 0 Å². The third kappa shape index (κ3) is 1.77. The molecule has 0 spiro atoms. The highest BCUT2D eigenvalue weighted by Gasteiger charge is 2.34. The van der Waals surface area contributed by atoms with Gasteiger partial charge < -0.3 is 4.74 Å². The summed E-state index contributed by atoms with van der Waals surface area (Å²) in [5.74, 6) is 0. The predicted molar refractivity (Wildman–Crippen MR) is 66.6 cm³/mol. The highest BCUT2D eigenvalue weighted by molar-refractivity contribution is 7.09. The third-order valence-corrected chi connectivity index (χ3v) is 3.78. The first-order valence-corrected chi connectivity index (χ1v) is 6.22. The van der Waals surface area contributed by atoms with Crippen molar-refractivity contribution in [3.8, 4) is 0 Å². The number of rotatable bonds is 4. The van der Waals surface area contributed by atoms with Crippen molar-refractivity contribution in [3.63, 3.8) is 0 Å². The van der Waals surface area contributed by atoms with Crippen molar-refractivity contribution in [1.29, 1.82) is 0 Å². The quantitative estimate of drug-likeness (QED) is 0.807. The Morgan fingerprint density at radius 2 is 2.06 bits per heavy atom. The van der Waals surface area contributed by atoms with Gasteiger partial charge in [-0.15, -0.1) is 11.3 Å². The molecule has 3 heteroatoms. The van der Waals surface area contributed by atoms with Crippen LogP contribution in [0.3, 0.4) is 0 Å². The smallest absolute Gasteiger partial charge is 0.144 e. The van der Waals surface area contributed by atoms with Crippen LogP contribution in [-0.2, 0) is 10.3 Å². The van der Waals surface area contributed by atoms with Crippen LogP contribution in [0, 0.1) is 0 Å². The number of aromatic nitrogens is 1. The van der Waals surface area contributed by atoms with E-state index in [1.165, 1.54) is 0 Å². The maximum absolute atomic E-state index is 5.77. The van der Waals surface area contributed by atoms with Crippen molar-refractivity contribution in [2.24, 2.45) is 0 Å². The molecule has 1 atom stereocenters. The van der Waals surface area contributed by atoms with Crippen LogP contribution < -0.4 is 0 Å². The zero-order chi connectivity index (χ0) is 11.4. The number of hydrogen-bond donors (Lipinski definition) is 0. The first-order valence-electron chi connectivity index (χ1n) is 5.34. The maximum Gasteiger partial charge on any atom is 0.144 e. The van der Waals surface area contributed by atoms with Gasteiger partial charge in [0.05, 0.1) is 0 Å². The van der Waals surface area contributed by atoms with Crippen LogP contribution in [0.2, 0.25) is 0 Å². The van der Waals surface area contributed by atoms with Gasteiger partial charge in [-0.2, -0.15) is 0 Å². The summed E-state index contributed by atoms with van der Waals surface area (Å²) in [6, 6.07) is 10.3. The van der Waals surface area contributed by atoms with Crippen molar-refractivity contribution in [3.05, 3.63) is 52.5 Å². The monoisotopic (exact) mass is 233 g/mol. The lowest BCUT2D eigenvalue weighted by Crippen LogP contribution is -2.28. The lowest BCUT2D eigenvalue weighted by Gasteiger charge is -2.29. The number of thiazole rings is 1. The standard InChI is InChI=1S/C13H15NOS/c1-3-13(15-2,12-14-9-10-16-12)11-7-5-4-6-8-11/h4-10H,3H2,1-2H3. The van der Waals surface area contributed by atoms with E-state index in [1.54, 1.807) is 18.4 Å². The molecule has 0 aliphatic rings. The van der Waals surface area contributed by atoms with Gasteiger partial charge in [0.2, 0.25) is 0 Å². The van der Waals surface area contributed by atoms with Crippen LogP contribution in [0.5, 0.6) is 0 Å². The van der Waals surface area contributed by atoms with Crippen LogP contribution in [0.25, 0.3) is 0 Å². The first-order chi connectivity index (χ1) is 7.83. The second kappa shape index (κ2) is 4.76. The molecule has 0 bridgehead atoms. The van der Waals surface area contributed by atoms with Gasteiger partial charge in [-0.05, 0) is 12.0 Å². The summed E-state index contributed by atoms with van der Waals surface area (Å²) in [5.41, 5.74) is 0.769. The van der Waals surface area contributed by atoms with Gasteiger partial charge in [0.25, 0.3) is 0 Å². The number of benzene rings is 1. The SMILES string of the molecule is CCC(OC)(c1ccccc1)c1nccs1. The number of ether oxygens (including phenoxy) is 1. The molecule has 2 rings (SSSR count). The van der Waals surface area contributed by atoms with E-state index < -0.39 is 5.60 Å². The second-order valence-electron chi connectivity index (χ2n) is 3.59. The van der Waals surface area contributed by atoms with Crippen molar-refractivity contribution in [1.82, 2.24) is 4.98 Å². The van der Waals surface area contributed by atoms with Crippen LogP contribution in [0.15, 0.2) is 41.9 Å². The van der Waals surface area contributed by atoms with Crippen molar-refractivity contribution in [2.75, 3.05) is 7.11 Å². The molecule has 0 saturated heterocycles. The molecular formula is C13H15NOS. The van der Waals surface area contributed by atoms with E-state index in [4.69, 9.17) is 4.74 Å². The van der Waals surface area contributed by atoms with Crippen LogP contribution in [0.1, 0.15) is 23.9 Å². The van der Waals surface area contributed by atoms with Gasteiger partial charge in [0.15, 0.2) is 0 Å². The van der Waals surface area contributed by atoms with E-state index in [1.807, 2.05) is 29.8 Å². The summed E-state index contributed by atoms with van der Waals surface area (Å²) < 4.78 is 5.77. The van der Waals surface area contributed by atoms with E-state index in [0.717, 1.165) is 17.0 Å². The van der Waals surface area contributed by atoms with Gasteiger partial charge in [-0.3, -0.25) is 0 Å². The van der Waals surface area contributed by atoms with Crippen LogP contribution >= 0.6 is 11.3 Å². The first kappa shape index (κ1) is 11.3. The van der Waals surface area contributed by atoms with E-state index in [2.05, 4.69) is 24.0 Å². The van der Waals surface area contributed by atoms with Crippen molar-refractivity contribution >= 4 is 11.3 Å². The Kier molecular flexibility index (Phi) is 3.36. The van der Waals surface area contributed by atoms with Gasteiger partial charge >= 0.3 is 0 Å². The number of methoxy groups -OCH3 is 1. The minimum absolute atomic E-state index is 0.393.